The van der Waals surface area contributed by atoms with Gasteiger partial charge in [-0.3, -0.25) is 14.7 Å². The molecule has 1 aromatic heterocycles. The maximum atomic E-state index is 13.6. The van der Waals surface area contributed by atoms with Crippen LogP contribution in [0.3, 0.4) is 0 Å². The zero-order valence-corrected chi connectivity index (χ0v) is 14.2. The first-order valence-corrected chi connectivity index (χ1v) is 8.59. The van der Waals surface area contributed by atoms with Crippen molar-refractivity contribution in [2.75, 3.05) is 10.2 Å². The van der Waals surface area contributed by atoms with Gasteiger partial charge >= 0.3 is 0 Å². The Morgan fingerprint density at radius 2 is 1.96 bits per heavy atom. The molecule has 0 bridgehead atoms. The number of halogens is 1. The molecule has 0 radical (unpaired) electrons. The van der Waals surface area contributed by atoms with Crippen LogP contribution in [0.4, 0.5) is 15.9 Å². The molecule has 6 nitrogen and oxygen atoms in total. The molecule has 2 amide bonds. The zero-order valence-electron chi connectivity index (χ0n) is 14.2. The molecular formula is C20H15FN4O2. The number of benzene rings is 2. The van der Waals surface area contributed by atoms with Gasteiger partial charge in [0.25, 0.3) is 0 Å². The van der Waals surface area contributed by atoms with Gasteiger partial charge < -0.3 is 10.2 Å². The number of aromatic amines is 1. The van der Waals surface area contributed by atoms with E-state index in [2.05, 4.69) is 15.5 Å². The van der Waals surface area contributed by atoms with Crippen molar-refractivity contribution in [2.45, 2.75) is 18.4 Å². The highest BCUT2D eigenvalue weighted by Gasteiger charge is 2.56. The van der Waals surface area contributed by atoms with Crippen LogP contribution in [0.25, 0.3) is 0 Å². The van der Waals surface area contributed by atoms with Crippen LogP contribution in [0, 0.1) is 5.82 Å². The fourth-order valence-corrected chi connectivity index (χ4v) is 4.16. The molecular weight excluding hydrogens is 347 g/mol. The minimum absolute atomic E-state index is 0.00896. The summed E-state index contributed by atoms with van der Waals surface area (Å²) in [5.74, 6) is -0.355. The molecule has 0 unspecified atom stereocenters. The third-order valence-electron chi connectivity index (χ3n) is 5.28. The summed E-state index contributed by atoms with van der Waals surface area (Å²) in [5.41, 5.74) is 1.72. The fraction of sp³-hybridized carbons (Fsp3) is 0.150. The number of carbonyl (C=O) groups is 2. The van der Waals surface area contributed by atoms with E-state index < -0.39 is 5.41 Å². The Balaban J connectivity index is 1.68. The van der Waals surface area contributed by atoms with Crippen LogP contribution in [-0.2, 0) is 21.5 Å². The Morgan fingerprint density at radius 1 is 1.11 bits per heavy atom. The monoisotopic (exact) mass is 362 g/mol. The fourth-order valence-electron chi connectivity index (χ4n) is 4.16. The molecule has 2 N–H and O–H groups in total. The Bertz CT molecular complexity index is 1090. The van der Waals surface area contributed by atoms with Gasteiger partial charge in [0, 0.05) is 17.7 Å². The van der Waals surface area contributed by atoms with E-state index in [1.54, 1.807) is 23.2 Å². The molecule has 0 saturated carbocycles. The summed E-state index contributed by atoms with van der Waals surface area (Å²) >= 11 is 0. The predicted molar refractivity (Wildman–Crippen MR) is 96.6 cm³/mol. The van der Waals surface area contributed by atoms with E-state index in [1.165, 1.54) is 12.1 Å². The molecule has 2 aromatic carbocycles. The second-order valence-electron chi connectivity index (χ2n) is 6.83. The molecule has 0 fully saturated rings. The molecule has 1 atom stereocenters. The minimum Gasteiger partial charge on any atom is -0.311 e. The highest BCUT2D eigenvalue weighted by Crippen LogP contribution is 2.51. The van der Waals surface area contributed by atoms with Gasteiger partial charge in [-0.2, -0.15) is 5.10 Å². The Morgan fingerprint density at radius 3 is 2.81 bits per heavy atom. The van der Waals surface area contributed by atoms with Gasteiger partial charge in [-0.25, -0.2) is 4.39 Å². The van der Waals surface area contributed by atoms with E-state index in [-0.39, 0.29) is 30.6 Å². The van der Waals surface area contributed by atoms with Gasteiger partial charge in [-0.05, 0) is 29.3 Å². The van der Waals surface area contributed by atoms with E-state index in [1.807, 2.05) is 24.3 Å². The summed E-state index contributed by atoms with van der Waals surface area (Å²) in [6.45, 7) is 0.226. The number of carbonyl (C=O) groups excluding carboxylic acids is 2. The van der Waals surface area contributed by atoms with Crippen LogP contribution in [0.15, 0.2) is 54.7 Å². The number of aromatic nitrogens is 2. The minimum atomic E-state index is -1.12. The standard InChI is InChI=1S/C20H15FN4O2/c21-13-5-3-4-12(8-13)11-25-16-7-2-1-6-14(16)20(19(25)27)9-17(26)23-18-15(20)10-22-24-18/h1-8,10H,9,11H2,(H2,22,23,24,26)/t20-/m0/s1. The number of nitrogens with zero attached hydrogens (tertiary/aromatic N) is 2. The number of rotatable bonds is 2. The molecule has 3 heterocycles. The first-order valence-electron chi connectivity index (χ1n) is 8.59. The van der Waals surface area contributed by atoms with Crippen molar-refractivity contribution in [3.63, 3.8) is 0 Å². The second-order valence-corrected chi connectivity index (χ2v) is 6.83. The number of anilines is 2. The van der Waals surface area contributed by atoms with E-state index in [0.29, 0.717) is 16.9 Å². The molecule has 0 aliphatic carbocycles. The van der Waals surface area contributed by atoms with Crippen LogP contribution < -0.4 is 10.2 Å². The maximum absolute atomic E-state index is 13.6. The molecule has 5 rings (SSSR count). The zero-order chi connectivity index (χ0) is 18.6. The van der Waals surface area contributed by atoms with Gasteiger partial charge in [0.1, 0.15) is 17.1 Å². The van der Waals surface area contributed by atoms with E-state index in [0.717, 1.165) is 11.3 Å². The first kappa shape index (κ1) is 15.7. The number of nitrogens with one attached hydrogen (secondary N) is 2. The SMILES string of the molecule is O=C1C[C@@]2(C(=O)N(Cc3cccc(F)c3)c3ccccc32)c2cn[nH]c2N1. The summed E-state index contributed by atoms with van der Waals surface area (Å²) in [5, 5.41) is 9.52. The molecule has 134 valence electrons. The molecule has 7 heteroatoms. The third kappa shape index (κ3) is 2.14. The Labute approximate surface area is 154 Å². The van der Waals surface area contributed by atoms with Crippen LogP contribution in [0.2, 0.25) is 0 Å². The number of hydrogen-bond acceptors (Lipinski definition) is 3. The third-order valence-corrected chi connectivity index (χ3v) is 5.28. The van der Waals surface area contributed by atoms with Crippen LogP contribution in [0.1, 0.15) is 23.1 Å². The van der Waals surface area contributed by atoms with E-state index >= 15 is 0 Å². The van der Waals surface area contributed by atoms with Crippen molar-refractivity contribution >= 4 is 23.3 Å². The van der Waals surface area contributed by atoms with Crippen molar-refractivity contribution in [3.05, 3.63) is 77.2 Å². The van der Waals surface area contributed by atoms with E-state index in [9.17, 15) is 14.0 Å². The van der Waals surface area contributed by atoms with Gasteiger partial charge in [0.05, 0.1) is 12.7 Å². The largest absolute Gasteiger partial charge is 0.311 e. The van der Waals surface area contributed by atoms with Crippen molar-refractivity contribution in [3.8, 4) is 0 Å². The number of H-pyrrole nitrogens is 1. The van der Waals surface area contributed by atoms with Crippen LogP contribution in [-0.4, -0.2) is 22.0 Å². The van der Waals surface area contributed by atoms with Gasteiger partial charge in [-0.1, -0.05) is 30.3 Å². The van der Waals surface area contributed by atoms with Crippen molar-refractivity contribution in [1.29, 1.82) is 0 Å². The lowest BCUT2D eigenvalue weighted by molar-refractivity contribution is -0.126. The summed E-state index contributed by atoms with van der Waals surface area (Å²) in [6.07, 6.45) is 1.60. The van der Waals surface area contributed by atoms with Gasteiger partial charge in [-0.15, -0.1) is 0 Å². The normalized spacial score (nSPS) is 20.6. The quantitative estimate of drug-likeness (QED) is 0.736. The summed E-state index contributed by atoms with van der Waals surface area (Å²) in [6, 6.07) is 13.6. The van der Waals surface area contributed by atoms with Gasteiger partial charge in [0.2, 0.25) is 11.8 Å². The number of para-hydroxylation sites is 1. The number of hydrogen-bond donors (Lipinski definition) is 2. The lowest BCUT2D eigenvalue weighted by Crippen LogP contribution is -2.46. The highest BCUT2D eigenvalue weighted by molar-refractivity contribution is 6.15. The number of fused-ring (bicyclic) bond motifs is 4. The number of amides is 2. The topological polar surface area (TPSA) is 78.1 Å². The van der Waals surface area contributed by atoms with Crippen LogP contribution >= 0.6 is 0 Å². The molecule has 2 aliphatic heterocycles. The average Bonchev–Trinajstić information content (AvgIpc) is 3.21. The Hall–Kier alpha value is -3.48. The van der Waals surface area contributed by atoms with Crippen molar-refractivity contribution in [2.24, 2.45) is 0 Å². The second kappa shape index (κ2) is 5.51. The molecule has 0 saturated heterocycles. The summed E-state index contributed by atoms with van der Waals surface area (Å²) in [4.78, 5) is 27.6. The lowest BCUT2D eigenvalue weighted by atomic mass is 9.72. The molecule has 27 heavy (non-hydrogen) atoms. The van der Waals surface area contributed by atoms with Crippen molar-refractivity contribution < 1.29 is 14.0 Å². The average molecular weight is 362 g/mol. The van der Waals surface area contributed by atoms with Crippen LogP contribution in [0.5, 0.6) is 0 Å². The van der Waals surface area contributed by atoms with E-state index in [4.69, 9.17) is 0 Å². The summed E-state index contributed by atoms with van der Waals surface area (Å²) < 4.78 is 13.6. The lowest BCUT2D eigenvalue weighted by Gasteiger charge is -2.31. The van der Waals surface area contributed by atoms with Gasteiger partial charge in [0.15, 0.2) is 0 Å². The predicted octanol–water partition coefficient (Wildman–Crippen LogP) is 2.72. The molecule has 2 aliphatic rings. The van der Waals surface area contributed by atoms with Crippen molar-refractivity contribution in [1.82, 2.24) is 10.2 Å². The first-order chi connectivity index (χ1) is 13.1. The Kier molecular flexibility index (Phi) is 3.21. The smallest absolute Gasteiger partial charge is 0.243 e. The summed E-state index contributed by atoms with van der Waals surface area (Å²) in [7, 11) is 0. The maximum Gasteiger partial charge on any atom is 0.243 e. The highest BCUT2D eigenvalue weighted by atomic mass is 19.1. The molecule has 1 spiro atoms. The molecule has 3 aromatic rings.